The normalized spacial score (nSPS) is 16.4. The molecule has 1 aliphatic heterocycles. The molecule has 3 rings (SSSR count). The number of aryl methyl sites for hydroxylation is 1. The van der Waals surface area contributed by atoms with Crippen LogP contribution in [-0.4, -0.2) is 38.7 Å². The van der Waals surface area contributed by atoms with E-state index in [0.717, 1.165) is 14.1 Å². The maximum absolute atomic E-state index is 12.2. The van der Waals surface area contributed by atoms with Gasteiger partial charge in [-0.25, -0.2) is 22.5 Å². The van der Waals surface area contributed by atoms with Crippen LogP contribution in [0.25, 0.3) is 6.08 Å². The molecule has 25 heavy (non-hydrogen) atoms. The number of hydrogen-bond donors (Lipinski definition) is 0. The summed E-state index contributed by atoms with van der Waals surface area (Å²) >= 11 is 1.54. The summed E-state index contributed by atoms with van der Waals surface area (Å²) in [6.45, 7) is 1.98. The maximum atomic E-state index is 12.2. The smallest absolute Gasteiger partial charge is 0.363 e. The van der Waals surface area contributed by atoms with Crippen molar-refractivity contribution in [2.75, 3.05) is 14.1 Å². The topological polar surface area (TPSA) is 76.0 Å². The van der Waals surface area contributed by atoms with E-state index < -0.39 is 16.0 Å². The third kappa shape index (κ3) is 3.55. The molecule has 0 radical (unpaired) electrons. The first-order chi connectivity index (χ1) is 11.8. The number of thiophene rings is 1. The van der Waals surface area contributed by atoms with Crippen LogP contribution in [0.4, 0.5) is 0 Å². The van der Waals surface area contributed by atoms with Gasteiger partial charge in [0.1, 0.15) is 0 Å². The summed E-state index contributed by atoms with van der Waals surface area (Å²) in [5.74, 6) is -0.456. The predicted octanol–water partition coefficient (Wildman–Crippen LogP) is 2.65. The van der Waals surface area contributed by atoms with Gasteiger partial charge in [-0.2, -0.15) is 0 Å². The molecule has 1 aliphatic rings. The molecule has 0 unspecified atom stereocenters. The van der Waals surface area contributed by atoms with Crippen LogP contribution in [0.1, 0.15) is 15.3 Å². The molecular weight excluding hydrogens is 360 g/mol. The molecule has 8 heteroatoms. The van der Waals surface area contributed by atoms with Gasteiger partial charge < -0.3 is 4.74 Å². The van der Waals surface area contributed by atoms with Gasteiger partial charge in [-0.05, 0) is 43.3 Å². The van der Waals surface area contributed by atoms with Crippen LogP contribution < -0.4 is 0 Å². The lowest BCUT2D eigenvalue weighted by Crippen LogP contribution is -2.22. The average molecular weight is 376 g/mol. The van der Waals surface area contributed by atoms with Crippen molar-refractivity contribution in [3.05, 3.63) is 57.4 Å². The number of carbonyl (C=O) groups excluding carboxylic acids is 1. The van der Waals surface area contributed by atoms with E-state index in [-0.39, 0.29) is 16.5 Å². The number of sulfonamides is 1. The van der Waals surface area contributed by atoms with Crippen molar-refractivity contribution < 1.29 is 17.9 Å². The van der Waals surface area contributed by atoms with Crippen LogP contribution in [0.15, 0.2) is 52.0 Å². The number of esters is 1. The van der Waals surface area contributed by atoms with Gasteiger partial charge in [-0.15, -0.1) is 11.3 Å². The lowest BCUT2D eigenvalue weighted by atomic mass is 10.2. The summed E-state index contributed by atoms with van der Waals surface area (Å²) in [6, 6.07) is 10.0. The Hall–Kier alpha value is -2.29. The first kappa shape index (κ1) is 17.5. The van der Waals surface area contributed by atoms with Gasteiger partial charge in [0.25, 0.3) is 0 Å². The number of nitrogens with zero attached hydrogens (tertiary/aromatic N) is 2. The Bertz CT molecular complexity index is 1000. The monoisotopic (exact) mass is 376 g/mol. The highest BCUT2D eigenvalue weighted by Gasteiger charge is 2.26. The highest BCUT2D eigenvalue weighted by Crippen LogP contribution is 2.24. The zero-order valence-corrected chi connectivity index (χ0v) is 15.5. The summed E-state index contributed by atoms with van der Waals surface area (Å²) in [5, 5.41) is 0. The van der Waals surface area contributed by atoms with Crippen LogP contribution in [0, 0.1) is 6.92 Å². The minimum Gasteiger partial charge on any atom is -0.402 e. The zero-order valence-electron chi connectivity index (χ0n) is 13.9. The molecule has 0 saturated carbocycles. The molecule has 1 aromatic carbocycles. The summed E-state index contributed by atoms with van der Waals surface area (Å²) in [6.07, 6.45) is 1.66. The Kier molecular flexibility index (Phi) is 4.59. The van der Waals surface area contributed by atoms with E-state index in [2.05, 4.69) is 4.99 Å². The van der Waals surface area contributed by atoms with E-state index in [0.29, 0.717) is 5.56 Å². The van der Waals surface area contributed by atoms with Crippen LogP contribution in [0.3, 0.4) is 0 Å². The number of cyclic esters (lactones) is 1. The fourth-order valence-corrected chi connectivity index (χ4v) is 3.96. The molecule has 0 atom stereocenters. The third-order valence-electron chi connectivity index (χ3n) is 3.52. The van der Waals surface area contributed by atoms with Crippen molar-refractivity contribution in [3.63, 3.8) is 0 Å². The van der Waals surface area contributed by atoms with Gasteiger partial charge in [0, 0.05) is 29.4 Å². The van der Waals surface area contributed by atoms with Gasteiger partial charge in [0.05, 0.1) is 4.90 Å². The molecule has 0 amide bonds. The van der Waals surface area contributed by atoms with Crippen molar-refractivity contribution in [1.82, 2.24) is 4.31 Å². The summed E-state index contributed by atoms with van der Waals surface area (Å²) in [7, 11) is -0.662. The number of aliphatic imine (C=N–C) groups is 1. The lowest BCUT2D eigenvalue weighted by Gasteiger charge is -2.11. The number of ether oxygens (including phenoxy) is 1. The molecule has 2 aromatic rings. The molecule has 130 valence electrons. The molecule has 0 bridgehead atoms. The maximum Gasteiger partial charge on any atom is 0.363 e. The molecule has 6 nitrogen and oxygen atoms in total. The molecule has 0 N–H and O–H groups in total. The molecule has 1 aromatic heterocycles. The van der Waals surface area contributed by atoms with Gasteiger partial charge in [0.15, 0.2) is 5.70 Å². The second-order valence-electron chi connectivity index (χ2n) is 5.60. The van der Waals surface area contributed by atoms with E-state index in [4.69, 9.17) is 4.74 Å². The Balaban J connectivity index is 1.96. The van der Waals surface area contributed by atoms with Crippen LogP contribution >= 0.6 is 11.3 Å². The molecule has 2 heterocycles. The van der Waals surface area contributed by atoms with Gasteiger partial charge in [-0.1, -0.05) is 6.07 Å². The van der Waals surface area contributed by atoms with Crippen molar-refractivity contribution in [1.29, 1.82) is 0 Å². The van der Waals surface area contributed by atoms with E-state index in [1.165, 1.54) is 26.2 Å². The molecule has 0 fully saturated rings. The fraction of sp³-hybridized carbons (Fsp3) is 0.176. The standard InChI is InChI=1S/C17H16N2O4S2/c1-11-7-8-13(24-11)10-15-17(20)23-16(18-15)12-5-4-6-14(9-12)25(21,22)19(2)3/h4-10H,1-3H3/b15-10-. The summed E-state index contributed by atoms with van der Waals surface area (Å²) in [5.41, 5.74) is 0.625. The van der Waals surface area contributed by atoms with Crippen molar-refractivity contribution in [2.45, 2.75) is 11.8 Å². The Morgan fingerprint density at radius 3 is 2.60 bits per heavy atom. The molecule has 0 saturated heterocycles. The number of carbonyl (C=O) groups is 1. The largest absolute Gasteiger partial charge is 0.402 e. The number of benzene rings is 1. The lowest BCUT2D eigenvalue weighted by molar-refractivity contribution is -0.129. The Morgan fingerprint density at radius 1 is 1.20 bits per heavy atom. The molecule has 0 aliphatic carbocycles. The van der Waals surface area contributed by atoms with Gasteiger partial charge in [-0.3, -0.25) is 0 Å². The minimum absolute atomic E-state index is 0.0975. The first-order valence-corrected chi connectivity index (χ1v) is 9.65. The van der Waals surface area contributed by atoms with Crippen LogP contribution in [-0.2, 0) is 19.6 Å². The van der Waals surface area contributed by atoms with Gasteiger partial charge in [0.2, 0.25) is 15.9 Å². The SMILES string of the molecule is Cc1ccc(/C=C2\N=C(c3cccc(S(=O)(=O)N(C)C)c3)OC2=O)s1. The number of rotatable bonds is 4. The molecular formula is C17H16N2O4S2. The fourth-order valence-electron chi connectivity index (χ4n) is 2.20. The minimum atomic E-state index is -3.58. The molecule has 0 spiro atoms. The van der Waals surface area contributed by atoms with Crippen molar-refractivity contribution >= 4 is 39.3 Å². The summed E-state index contributed by atoms with van der Waals surface area (Å²) in [4.78, 5) is 18.4. The first-order valence-electron chi connectivity index (χ1n) is 7.39. The van der Waals surface area contributed by atoms with E-state index in [1.54, 1.807) is 29.5 Å². The predicted molar refractivity (Wildman–Crippen MR) is 97.0 cm³/mol. The van der Waals surface area contributed by atoms with Crippen LogP contribution in [0.2, 0.25) is 0 Å². The van der Waals surface area contributed by atoms with E-state index in [1.807, 2.05) is 19.1 Å². The quantitative estimate of drug-likeness (QED) is 0.607. The van der Waals surface area contributed by atoms with Gasteiger partial charge >= 0.3 is 5.97 Å². The van der Waals surface area contributed by atoms with Crippen LogP contribution in [0.5, 0.6) is 0 Å². The van der Waals surface area contributed by atoms with E-state index >= 15 is 0 Å². The van der Waals surface area contributed by atoms with Crippen molar-refractivity contribution in [2.24, 2.45) is 4.99 Å². The second-order valence-corrected chi connectivity index (χ2v) is 9.07. The second kappa shape index (κ2) is 6.55. The highest BCUT2D eigenvalue weighted by molar-refractivity contribution is 7.89. The highest BCUT2D eigenvalue weighted by atomic mass is 32.2. The average Bonchev–Trinajstić information content (AvgIpc) is 3.14. The Morgan fingerprint density at radius 2 is 1.96 bits per heavy atom. The van der Waals surface area contributed by atoms with Crippen molar-refractivity contribution in [3.8, 4) is 0 Å². The van der Waals surface area contributed by atoms with E-state index in [9.17, 15) is 13.2 Å². The Labute approximate surface area is 150 Å². The summed E-state index contributed by atoms with van der Waals surface area (Å²) < 4.78 is 30.8. The third-order valence-corrected chi connectivity index (χ3v) is 6.28. The number of hydrogen-bond acceptors (Lipinski definition) is 6. The zero-order chi connectivity index (χ0) is 18.2.